The molecule has 0 amide bonds. The molecule has 0 aliphatic carbocycles. The lowest BCUT2D eigenvalue weighted by molar-refractivity contribution is -0.0987. The lowest BCUT2D eigenvalue weighted by atomic mass is 10.0. The second-order valence-corrected chi connectivity index (χ2v) is 10.0. The van der Waals surface area contributed by atoms with Crippen molar-refractivity contribution in [1.82, 2.24) is 9.80 Å². The molecule has 1 saturated heterocycles. The number of aliphatic imine (C=N–C) groups is 1. The van der Waals surface area contributed by atoms with Crippen molar-refractivity contribution in [3.05, 3.63) is 108 Å². The van der Waals surface area contributed by atoms with E-state index in [1.54, 1.807) is 18.2 Å². The summed E-state index contributed by atoms with van der Waals surface area (Å²) in [7, 11) is 2.17. The van der Waals surface area contributed by atoms with E-state index in [-0.39, 0.29) is 12.4 Å². The van der Waals surface area contributed by atoms with Gasteiger partial charge in [-0.15, -0.1) is 0 Å². The molecule has 2 aromatic carbocycles. The summed E-state index contributed by atoms with van der Waals surface area (Å²) in [5.41, 5.74) is 5.79. The van der Waals surface area contributed by atoms with Gasteiger partial charge in [0.15, 0.2) is 0 Å². The normalized spacial score (nSPS) is 14.8. The van der Waals surface area contributed by atoms with Gasteiger partial charge in [0.25, 0.3) is 0 Å². The number of benzene rings is 2. The molecule has 0 radical (unpaired) electrons. The van der Waals surface area contributed by atoms with Crippen molar-refractivity contribution < 1.29 is 19.1 Å². The van der Waals surface area contributed by atoms with Crippen LogP contribution < -0.4 is 5.32 Å². The average molecular weight is 577 g/mol. The topological polar surface area (TPSA) is 85.2 Å². The highest BCUT2D eigenvalue weighted by Gasteiger charge is 2.22. The van der Waals surface area contributed by atoms with Crippen molar-refractivity contribution in [2.75, 3.05) is 38.6 Å². The number of halogens is 1. The Bertz CT molecular complexity index is 1200. The van der Waals surface area contributed by atoms with E-state index in [0.29, 0.717) is 6.04 Å². The number of aliphatic hydroxyl groups is 1. The molecule has 8 heteroatoms. The summed E-state index contributed by atoms with van der Waals surface area (Å²) in [6.45, 7) is 19.7. The zero-order valence-electron chi connectivity index (χ0n) is 25.2. The number of hydrogen-bond donors (Lipinski definition) is 2. The van der Waals surface area contributed by atoms with Crippen LogP contribution in [0.5, 0.6) is 0 Å². The monoisotopic (exact) mass is 576 g/mol. The zero-order chi connectivity index (χ0) is 31.5. The first kappa shape index (κ1) is 36.0. The number of likely N-dealkylation sites (tertiary alicyclic amines) is 1. The van der Waals surface area contributed by atoms with Gasteiger partial charge in [-0.05, 0) is 106 Å². The maximum atomic E-state index is 13.3. The largest absolute Gasteiger partial charge is 0.392 e. The van der Waals surface area contributed by atoms with Gasteiger partial charge < -0.3 is 20.0 Å². The SMILES string of the molecule is C=C/C=C(\N=C(C)Nc1ccc(CN2CCC(N(C)CC(=C)/C=C(/C)CO)CC2)cc1)c1ccc(F)cc1.C=O.C=O. The van der Waals surface area contributed by atoms with Gasteiger partial charge >= 0.3 is 0 Å². The minimum absolute atomic E-state index is 0.0802. The third kappa shape index (κ3) is 12.7. The summed E-state index contributed by atoms with van der Waals surface area (Å²) in [5.74, 6) is 0.470. The number of allylic oxidation sites excluding steroid dienone is 2. The molecule has 1 fully saturated rings. The summed E-state index contributed by atoms with van der Waals surface area (Å²) < 4.78 is 13.3. The minimum Gasteiger partial charge on any atom is -0.392 e. The van der Waals surface area contributed by atoms with Crippen LogP contribution in [-0.2, 0) is 16.1 Å². The summed E-state index contributed by atoms with van der Waals surface area (Å²) >= 11 is 0. The third-order valence-corrected chi connectivity index (χ3v) is 6.72. The number of aliphatic hydroxyl groups excluding tert-OH is 1. The highest BCUT2D eigenvalue weighted by atomic mass is 19.1. The van der Waals surface area contributed by atoms with Crippen LogP contribution in [0.4, 0.5) is 10.1 Å². The summed E-state index contributed by atoms with van der Waals surface area (Å²) in [6, 6.07) is 15.3. The Labute approximate surface area is 250 Å². The number of nitrogens with one attached hydrogen (secondary N) is 1. The number of amidine groups is 1. The molecule has 42 heavy (non-hydrogen) atoms. The number of likely N-dealkylation sites (N-methyl/N-ethyl adjacent to an activating group) is 1. The summed E-state index contributed by atoms with van der Waals surface area (Å²) in [6.07, 6.45) is 7.75. The number of piperidine rings is 1. The Morgan fingerprint density at radius 3 is 2.21 bits per heavy atom. The number of anilines is 1. The van der Waals surface area contributed by atoms with Gasteiger partial charge in [0.2, 0.25) is 0 Å². The first-order valence-electron chi connectivity index (χ1n) is 13.7. The van der Waals surface area contributed by atoms with Gasteiger partial charge in [-0.3, -0.25) is 9.80 Å². The number of hydrogen-bond acceptors (Lipinski definition) is 6. The molecule has 0 aromatic heterocycles. The summed E-state index contributed by atoms with van der Waals surface area (Å²) in [4.78, 5) is 25.6. The second-order valence-electron chi connectivity index (χ2n) is 10.0. The first-order valence-corrected chi connectivity index (χ1v) is 13.7. The van der Waals surface area contributed by atoms with E-state index in [4.69, 9.17) is 9.59 Å². The first-order chi connectivity index (χ1) is 20.3. The number of nitrogens with zero attached hydrogens (tertiary/aromatic N) is 3. The maximum Gasteiger partial charge on any atom is 0.123 e. The van der Waals surface area contributed by atoms with Crippen LogP contribution in [0.1, 0.15) is 37.8 Å². The fourth-order valence-corrected chi connectivity index (χ4v) is 4.71. The van der Waals surface area contributed by atoms with E-state index >= 15 is 0 Å². The lowest BCUT2D eigenvalue weighted by Crippen LogP contribution is -2.43. The second kappa shape index (κ2) is 20.0. The molecule has 0 saturated carbocycles. The Balaban J connectivity index is 0.00000211. The summed E-state index contributed by atoms with van der Waals surface area (Å²) in [5, 5.41) is 12.6. The van der Waals surface area contributed by atoms with E-state index < -0.39 is 0 Å². The Hall–Kier alpha value is -3.98. The van der Waals surface area contributed by atoms with Gasteiger partial charge in [0.05, 0.1) is 12.3 Å². The molecule has 1 heterocycles. The lowest BCUT2D eigenvalue weighted by Gasteiger charge is -2.37. The van der Waals surface area contributed by atoms with Crippen molar-refractivity contribution in [1.29, 1.82) is 0 Å². The van der Waals surface area contributed by atoms with E-state index in [0.717, 1.165) is 73.0 Å². The molecule has 0 spiro atoms. The van der Waals surface area contributed by atoms with Gasteiger partial charge in [-0.25, -0.2) is 9.38 Å². The zero-order valence-corrected chi connectivity index (χ0v) is 25.2. The van der Waals surface area contributed by atoms with Crippen molar-refractivity contribution >= 4 is 30.8 Å². The standard InChI is InChI=1S/C32H41FN4O.2CH2O/c1-6-7-32(28-10-12-29(33)13-11-28)35-26(4)34-30-14-8-27(9-15-30)22-37-18-16-31(17-19-37)36(5)21-24(2)20-25(3)23-38;2*1-2/h6-15,20,31,38H,1-2,16-19,21-23H2,3-5H3,(H,34,35);2*1H2/b25-20-,32-7-;;. The van der Waals surface area contributed by atoms with Crippen LogP contribution in [0.3, 0.4) is 0 Å². The van der Waals surface area contributed by atoms with Crippen LogP contribution in [0, 0.1) is 5.82 Å². The van der Waals surface area contributed by atoms with Crippen molar-refractivity contribution in [3.8, 4) is 0 Å². The molecule has 1 aliphatic heterocycles. The number of carbonyl (C=O) groups excluding carboxylic acids is 2. The molecule has 0 unspecified atom stereocenters. The van der Waals surface area contributed by atoms with Gasteiger partial charge in [-0.2, -0.15) is 0 Å². The molecule has 2 N–H and O–H groups in total. The van der Waals surface area contributed by atoms with Crippen molar-refractivity contribution in [3.63, 3.8) is 0 Å². The van der Waals surface area contributed by atoms with E-state index in [9.17, 15) is 9.50 Å². The van der Waals surface area contributed by atoms with Crippen molar-refractivity contribution in [2.24, 2.45) is 4.99 Å². The highest BCUT2D eigenvalue weighted by Crippen LogP contribution is 2.21. The van der Waals surface area contributed by atoms with Gasteiger partial charge in [0, 0.05) is 30.4 Å². The molecule has 1 aliphatic rings. The van der Waals surface area contributed by atoms with Crippen LogP contribution in [0.15, 0.2) is 96.1 Å². The highest BCUT2D eigenvalue weighted by molar-refractivity contribution is 5.97. The van der Waals surface area contributed by atoms with Crippen LogP contribution >= 0.6 is 0 Å². The van der Waals surface area contributed by atoms with Crippen LogP contribution in [0.25, 0.3) is 5.70 Å². The van der Waals surface area contributed by atoms with E-state index in [2.05, 4.69) is 64.6 Å². The predicted molar refractivity (Wildman–Crippen MR) is 173 cm³/mol. The molecule has 226 valence electrons. The fourth-order valence-electron chi connectivity index (χ4n) is 4.71. The number of rotatable bonds is 11. The minimum atomic E-state index is -0.272. The van der Waals surface area contributed by atoms with E-state index in [1.165, 1.54) is 17.7 Å². The molecular weight excluding hydrogens is 531 g/mol. The third-order valence-electron chi connectivity index (χ3n) is 6.72. The molecule has 2 aromatic rings. The van der Waals surface area contributed by atoms with Gasteiger partial charge in [0.1, 0.15) is 25.2 Å². The average Bonchev–Trinajstić information content (AvgIpc) is 3.00. The molecular formula is C34H45FN4O3. The number of carbonyl (C=O) groups is 2. The van der Waals surface area contributed by atoms with E-state index in [1.807, 2.05) is 39.6 Å². The smallest absolute Gasteiger partial charge is 0.123 e. The molecule has 0 atom stereocenters. The quantitative estimate of drug-likeness (QED) is 0.197. The fraction of sp³-hybridized carbons (Fsp3) is 0.324. The van der Waals surface area contributed by atoms with Crippen LogP contribution in [-0.4, -0.2) is 73.7 Å². The van der Waals surface area contributed by atoms with Crippen LogP contribution in [0.2, 0.25) is 0 Å². The molecule has 7 nitrogen and oxygen atoms in total. The molecule has 3 rings (SSSR count). The predicted octanol–water partition coefficient (Wildman–Crippen LogP) is 5.90. The maximum absolute atomic E-state index is 13.3. The Morgan fingerprint density at radius 1 is 1.07 bits per heavy atom. The Kier molecular flexibility index (Phi) is 17.2. The van der Waals surface area contributed by atoms with Crippen molar-refractivity contribution in [2.45, 2.75) is 39.3 Å². The Morgan fingerprint density at radius 2 is 1.67 bits per heavy atom. The van der Waals surface area contributed by atoms with Gasteiger partial charge in [-0.1, -0.05) is 37.4 Å². The molecule has 0 bridgehead atoms.